The van der Waals surface area contributed by atoms with Gasteiger partial charge in [-0.15, -0.1) is 5.06 Å². The number of nitro groups is 1. The smallest absolute Gasteiger partial charge is 0.380 e. The molecule has 3 bridgehead atoms. The van der Waals surface area contributed by atoms with Crippen LogP contribution in [-0.2, 0) is 52.8 Å². The number of esters is 3. The fourth-order valence-corrected chi connectivity index (χ4v) is 6.49. The van der Waals surface area contributed by atoms with E-state index in [9.17, 15) is 48.5 Å². The Morgan fingerprint density at radius 3 is 2.02 bits per heavy atom. The second kappa shape index (κ2) is 12.7. The minimum absolute atomic E-state index is 0.0293. The Morgan fingerprint density at radius 2 is 1.46 bits per heavy atom. The van der Waals surface area contributed by atoms with Crippen molar-refractivity contribution in [3.8, 4) is 0 Å². The van der Waals surface area contributed by atoms with Gasteiger partial charge in [0.1, 0.15) is 17.1 Å². The molecule has 23 nitrogen and oxygen atoms in total. The van der Waals surface area contributed by atoms with E-state index in [0.29, 0.717) is 5.01 Å². The van der Waals surface area contributed by atoms with Gasteiger partial charge in [-0.2, -0.15) is 5.01 Å². The van der Waals surface area contributed by atoms with E-state index in [1.807, 2.05) is 0 Å². The van der Waals surface area contributed by atoms with Gasteiger partial charge in [0.15, 0.2) is 11.3 Å². The number of nitro benzene ring substituents is 1. The van der Waals surface area contributed by atoms with Gasteiger partial charge in [-0.3, -0.25) is 24.6 Å². The highest BCUT2D eigenvalue weighted by Crippen LogP contribution is 2.44. The van der Waals surface area contributed by atoms with E-state index in [0.717, 1.165) is 50.0 Å². The maximum absolute atomic E-state index is 14.1. The first kappa shape index (κ1) is 37.3. The standard InChI is InChI=1S/C29H33N7O16/c1-14-12-13-34-28(14)17(37)10-11-18(38)29(49-22(28)41)47-20(39)26(2,30)19(27(3,31)21(40)48-29)35(50-24(43)33(34)5)25(44)52-51-23(42)32(4)15-6-8-16(9-7-15)36(45)46/h6-9,14,19H,10-13,30-31H2,1-5H3/t14?,19?,26-,27-,28-,29?/m1/s1. The number of amides is 3. The second-order valence-electron chi connectivity index (χ2n) is 12.9. The van der Waals surface area contributed by atoms with Crippen LogP contribution in [0.25, 0.3) is 0 Å². The summed E-state index contributed by atoms with van der Waals surface area (Å²) in [6, 6.07) is 2.10. The van der Waals surface area contributed by atoms with E-state index >= 15 is 0 Å². The second-order valence-corrected chi connectivity index (χ2v) is 12.9. The number of anilines is 1. The zero-order chi connectivity index (χ0) is 38.7. The lowest BCUT2D eigenvalue weighted by molar-refractivity contribution is -0.384. The fraction of sp³-hybridized carbons (Fsp3) is 0.517. The van der Waals surface area contributed by atoms with Crippen LogP contribution in [0.5, 0.6) is 0 Å². The lowest BCUT2D eigenvalue weighted by Crippen LogP contribution is -2.78. The lowest BCUT2D eigenvalue weighted by atomic mass is 9.78. The van der Waals surface area contributed by atoms with Crippen LogP contribution in [0.15, 0.2) is 24.3 Å². The summed E-state index contributed by atoms with van der Waals surface area (Å²) in [6.07, 6.45) is -6.28. The van der Waals surface area contributed by atoms with E-state index in [1.54, 1.807) is 0 Å². The molecule has 5 aliphatic rings. The molecule has 6 rings (SSSR count). The quantitative estimate of drug-likeness (QED) is 0.128. The van der Waals surface area contributed by atoms with Crippen molar-refractivity contribution in [3.05, 3.63) is 34.4 Å². The molecule has 23 heteroatoms. The van der Waals surface area contributed by atoms with Crippen molar-refractivity contribution in [3.63, 3.8) is 0 Å². The molecule has 5 aliphatic heterocycles. The Labute approximate surface area is 292 Å². The van der Waals surface area contributed by atoms with Gasteiger partial charge in [0.25, 0.3) is 11.5 Å². The molecule has 0 aliphatic carbocycles. The van der Waals surface area contributed by atoms with Crippen molar-refractivity contribution < 1.29 is 72.1 Å². The summed E-state index contributed by atoms with van der Waals surface area (Å²) >= 11 is 0. The predicted octanol–water partition coefficient (Wildman–Crippen LogP) is -0.454. The number of ether oxygens (including phenoxy) is 3. The summed E-state index contributed by atoms with van der Waals surface area (Å²) in [7, 11) is 2.18. The van der Waals surface area contributed by atoms with E-state index in [4.69, 9.17) is 30.5 Å². The van der Waals surface area contributed by atoms with Crippen LogP contribution in [0.2, 0.25) is 0 Å². The van der Waals surface area contributed by atoms with Gasteiger partial charge in [-0.05, 0) is 38.3 Å². The number of hydroxylamine groups is 2. The highest BCUT2D eigenvalue weighted by molar-refractivity contribution is 6.12. The minimum Gasteiger partial charge on any atom is -0.380 e. The molecule has 4 N–H and O–H groups in total. The third-order valence-electron chi connectivity index (χ3n) is 9.37. The molecule has 2 spiro atoms. The number of fused-ring (bicyclic) bond motifs is 7. The Morgan fingerprint density at radius 1 is 0.923 bits per heavy atom. The SMILES string of the molecule is CC1CCN2N(C)C(=O)ON(C(=O)OOC(=O)N(C)c3ccc([N+](=O)[O-])cc3)C3[C@@](C)(N)C(=O)OC4(OC(=O)[C@]12C(=O)CCC4=O)OC(=O)[C@]3(C)N. The first-order chi connectivity index (χ1) is 24.1. The summed E-state index contributed by atoms with van der Waals surface area (Å²) < 4.78 is 15.9. The van der Waals surface area contributed by atoms with Crippen LogP contribution < -0.4 is 16.4 Å². The van der Waals surface area contributed by atoms with Gasteiger partial charge >= 0.3 is 42.2 Å². The summed E-state index contributed by atoms with van der Waals surface area (Å²) in [5.41, 5.74) is 4.50. The van der Waals surface area contributed by atoms with E-state index in [1.165, 1.54) is 19.1 Å². The number of hydrogen-bond acceptors (Lipinski definition) is 19. The van der Waals surface area contributed by atoms with Crippen molar-refractivity contribution in [2.75, 3.05) is 25.5 Å². The number of Topliss-reactive ketones (excluding diaryl/α,β-unsaturated/α-hetero) is 2. The predicted molar refractivity (Wildman–Crippen MR) is 163 cm³/mol. The number of hydrogen-bond donors (Lipinski definition) is 2. The monoisotopic (exact) mass is 735 g/mol. The summed E-state index contributed by atoms with van der Waals surface area (Å²) in [6.45, 7) is 2.98. The van der Waals surface area contributed by atoms with Crippen molar-refractivity contribution in [1.82, 2.24) is 15.1 Å². The fourth-order valence-electron chi connectivity index (χ4n) is 6.49. The van der Waals surface area contributed by atoms with Crippen LogP contribution >= 0.6 is 0 Å². The number of non-ortho nitro benzene ring substituents is 1. The summed E-state index contributed by atoms with van der Waals surface area (Å²) in [4.78, 5) is 135. The number of benzene rings is 1. The van der Waals surface area contributed by atoms with Gasteiger partial charge in [0.05, 0.1) is 4.92 Å². The van der Waals surface area contributed by atoms with Crippen LogP contribution in [-0.4, -0.2) is 117 Å². The maximum Gasteiger partial charge on any atom is 0.488 e. The molecule has 1 aromatic rings. The third kappa shape index (κ3) is 5.67. The van der Waals surface area contributed by atoms with Crippen LogP contribution in [0.1, 0.15) is 40.0 Å². The van der Waals surface area contributed by atoms with Gasteiger partial charge in [-0.1, -0.05) is 6.92 Å². The van der Waals surface area contributed by atoms with Gasteiger partial charge in [-0.25, -0.2) is 43.6 Å². The average Bonchev–Trinajstić information content (AvgIpc) is 3.44. The molecule has 1 unspecified atom stereocenters. The number of rotatable bonds is 2. The Bertz CT molecular complexity index is 1750. The van der Waals surface area contributed by atoms with Crippen LogP contribution in [0, 0.1) is 16.0 Å². The first-order valence-electron chi connectivity index (χ1n) is 15.4. The molecule has 52 heavy (non-hydrogen) atoms. The molecule has 3 amide bonds. The topological polar surface area (TPSA) is 300 Å². The number of carbonyl (C=O) groups is 8. The Balaban J connectivity index is 1.60. The molecule has 5 heterocycles. The molecule has 0 radical (unpaired) electrons. The molecule has 0 saturated carbocycles. The van der Waals surface area contributed by atoms with Crippen LogP contribution in [0.3, 0.4) is 0 Å². The largest absolute Gasteiger partial charge is 0.488 e. The summed E-state index contributed by atoms with van der Waals surface area (Å²) in [5.74, 6) is -11.6. The highest BCUT2D eigenvalue weighted by Gasteiger charge is 2.70. The number of nitrogens with two attached hydrogens (primary N) is 2. The van der Waals surface area contributed by atoms with Crippen molar-refractivity contribution in [2.45, 2.75) is 68.7 Å². The number of hydrazine groups is 1. The van der Waals surface area contributed by atoms with Gasteiger partial charge < -0.3 is 30.5 Å². The summed E-state index contributed by atoms with van der Waals surface area (Å²) in [5, 5.41) is 12.4. The van der Waals surface area contributed by atoms with Crippen molar-refractivity contribution in [2.24, 2.45) is 17.4 Å². The lowest BCUT2D eigenvalue weighted by Gasteiger charge is -2.47. The highest BCUT2D eigenvalue weighted by atomic mass is 17.2. The zero-order valence-electron chi connectivity index (χ0n) is 28.2. The maximum atomic E-state index is 14.1. The number of ketones is 2. The van der Waals surface area contributed by atoms with E-state index in [-0.39, 0.29) is 29.4 Å². The van der Waals surface area contributed by atoms with Crippen molar-refractivity contribution in [1.29, 1.82) is 0 Å². The molecule has 280 valence electrons. The molecular formula is C29H33N7O16. The van der Waals surface area contributed by atoms with Crippen molar-refractivity contribution >= 4 is 59.1 Å². The first-order valence-corrected chi connectivity index (χ1v) is 15.4. The van der Waals surface area contributed by atoms with Crippen LogP contribution in [0.4, 0.5) is 25.8 Å². The zero-order valence-corrected chi connectivity index (χ0v) is 28.2. The molecule has 5 saturated heterocycles. The Hall–Kier alpha value is -5.94. The molecule has 0 aromatic heterocycles. The third-order valence-corrected chi connectivity index (χ3v) is 9.37. The molecule has 5 fully saturated rings. The number of carbonyl (C=O) groups excluding carboxylic acids is 8. The van der Waals surface area contributed by atoms with Gasteiger partial charge in [0.2, 0.25) is 0 Å². The van der Waals surface area contributed by atoms with E-state index in [2.05, 4.69) is 9.78 Å². The van der Waals surface area contributed by atoms with E-state index < -0.39 is 100 Å². The van der Waals surface area contributed by atoms with Gasteiger partial charge in [0, 0.05) is 51.3 Å². The molecule has 1 aromatic carbocycles. The normalized spacial score (nSPS) is 32.4. The molecular weight excluding hydrogens is 702 g/mol. The molecule has 4 atom stereocenters. The average molecular weight is 736 g/mol. The number of nitrogens with zero attached hydrogens (tertiary/aromatic N) is 5. The minimum atomic E-state index is -3.46. The Kier molecular flexibility index (Phi) is 9.10.